The van der Waals surface area contributed by atoms with Gasteiger partial charge < -0.3 is 0 Å². The normalized spacial score (nSPS) is 11.9. The van der Waals surface area contributed by atoms with Crippen molar-refractivity contribution in [2.45, 2.75) is 6.04 Å². The molecule has 1 N–H and O–H groups in total. The molecule has 0 spiro atoms. The Balaban J connectivity index is 1.80. The second-order valence-corrected chi connectivity index (χ2v) is 9.54. The van der Waals surface area contributed by atoms with Crippen LogP contribution in [0.5, 0.6) is 0 Å². The van der Waals surface area contributed by atoms with Crippen LogP contribution >= 0.6 is 7.29 Å². The summed E-state index contributed by atoms with van der Waals surface area (Å²) in [6, 6.07) is 33.9. The molecular formula is C27H21FNOP. The van der Waals surface area contributed by atoms with E-state index in [0.29, 0.717) is 10.6 Å². The van der Waals surface area contributed by atoms with Crippen molar-refractivity contribution >= 4 is 17.9 Å². The fourth-order valence-corrected chi connectivity index (χ4v) is 5.64. The molecule has 0 unspecified atom stereocenters. The van der Waals surface area contributed by atoms with E-state index in [4.69, 9.17) is 0 Å². The van der Waals surface area contributed by atoms with Gasteiger partial charge in [0.2, 0.25) is 7.29 Å². The fraction of sp³-hybridized carbons (Fsp3) is 0.0370. The lowest BCUT2D eigenvalue weighted by Gasteiger charge is -2.24. The molecule has 0 aliphatic rings. The highest BCUT2D eigenvalue weighted by molar-refractivity contribution is 7.76. The maximum absolute atomic E-state index is 14.4. The zero-order valence-corrected chi connectivity index (χ0v) is 17.7. The molecule has 0 saturated heterocycles. The summed E-state index contributed by atoms with van der Waals surface area (Å²) in [5, 5.41) is 4.71. The van der Waals surface area contributed by atoms with E-state index in [2.05, 4.69) is 16.9 Å². The van der Waals surface area contributed by atoms with Crippen molar-refractivity contribution < 1.29 is 8.96 Å². The third-order valence-electron chi connectivity index (χ3n) is 4.89. The molecule has 0 amide bonds. The number of hydrogen-bond acceptors (Lipinski definition) is 1. The highest BCUT2D eigenvalue weighted by Gasteiger charge is 2.30. The van der Waals surface area contributed by atoms with E-state index >= 15 is 0 Å². The Labute approximate surface area is 182 Å². The molecule has 0 aromatic heterocycles. The Morgan fingerprint density at radius 2 is 1.16 bits per heavy atom. The average Bonchev–Trinajstić information content (AvgIpc) is 2.84. The summed E-state index contributed by atoms with van der Waals surface area (Å²) in [7, 11) is -3.23. The van der Waals surface area contributed by atoms with Gasteiger partial charge in [0.05, 0.1) is 0 Å². The number of benzene rings is 4. The Kier molecular flexibility index (Phi) is 6.43. The molecule has 0 bridgehead atoms. The third kappa shape index (κ3) is 5.01. The van der Waals surface area contributed by atoms with Crippen molar-refractivity contribution in [3.63, 3.8) is 0 Å². The molecular weight excluding hydrogens is 404 g/mol. The van der Waals surface area contributed by atoms with Crippen LogP contribution in [-0.4, -0.2) is 0 Å². The van der Waals surface area contributed by atoms with Crippen molar-refractivity contribution in [2.24, 2.45) is 0 Å². The van der Waals surface area contributed by atoms with Crippen LogP contribution in [0.25, 0.3) is 0 Å². The molecule has 2 nitrogen and oxygen atoms in total. The standard InChI is InChI=1S/C27H21FNOP/c28-24-19-17-23(18-20-24)27(21-16-22-10-4-1-5-11-22)29-31(30,25-12-6-2-7-13-25)26-14-8-3-9-15-26/h1-15,17-20,27H,(H,29,30)/t27-/m0/s1. The van der Waals surface area contributed by atoms with Gasteiger partial charge in [0.1, 0.15) is 11.9 Å². The van der Waals surface area contributed by atoms with Crippen molar-refractivity contribution in [3.8, 4) is 11.8 Å². The van der Waals surface area contributed by atoms with E-state index in [-0.39, 0.29) is 5.82 Å². The molecule has 31 heavy (non-hydrogen) atoms. The van der Waals surface area contributed by atoms with E-state index in [0.717, 1.165) is 11.1 Å². The molecule has 0 heterocycles. The maximum atomic E-state index is 14.4. The van der Waals surface area contributed by atoms with Gasteiger partial charge in [-0.3, -0.25) is 4.57 Å². The Hall–Kier alpha value is -3.44. The van der Waals surface area contributed by atoms with E-state index in [9.17, 15) is 8.96 Å². The zero-order chi connectivity index (χ0) is 21.5. The van der Waals surface area contributed by atoms with Gasteiger partial charge in [-0.25, -0.2) is 9.48 Å². The average molecular weight is 425 g/mol. The van der Waals surface area contributed by atoms with E-state index < -0.39 is 13.3 Å². The lowest BCUT2D eigenvalue weighted by atomic mass is 10.1. The quantitative estimate of drug-likeness (QED) is 0.341. The first-order chi connectivity index (χ1) is 15.1. The SMILES string of the molecule is O=P(N[C@@H](C#Cc1ccccc1)c1ccc(F)cc1)(c1ccccc1)c1ccccc1. The first-order valence-corrected chi connectivity index (χ1v) is 11.7. The van der Waals surface area contributed by atoms with Gasteiger partial charge in [-0.05, 0) is 54.1 Å². The van der Waals surface area contributed by atoms with Crippen LogP contribution in [0.4, 0.5) is 4.39 Å². The minimum absolute atomic E-state index is 0.326. The Morgan fingerprint density at radius 3 is 1.68 bits per heavy atom. The van der Waals surface area contributed by atoms with Crippen LogP contribution in [0, 0.1) is 17.7 Å². The second kappa shape index (κ2) is 9.58. The molecule has 152 valence electrons. The minimum Gasteiger partial charge on any atom is -0.296 e. The van der Waals surface area contributed by atoms with Crippen LogP contribution in [0.1, 0.15) is 17.2 Å². The third-order valence-corrected chi connectivity index (χ3v) is 7.56. The topological polar surface area (TPSA) is 29.1 Å². The molecule has 0 aliphatic heterocycles. The Morgan fingerprint density at radius 1 is 0.677 bits per heavy atom. The number of halogens is 1. The highest BCUT2D eigenvalue weighted by atomic mass is 31.2. The largest absolute Gasteiger partial charge is 0.296 e. The molecule has 0 aliphatic carbocycles. The molecule has 4 heteroatoms. The number of nitrogens with one attached hydrogen (secondary N) is 1. The molecule has 4 aromatic carbocycles. The van der Waals surface area contributed by atoms with E-state index in [1.54, 1.807) is 12.1 Å². The number of hydrogen-bond donors (Lipinski definition) is 1. The predicted octanol–water partition coefficient (Wildman–Crippen LogP) is 5.44. The van der Waals surface area contributed by atoms with Gasteiger partial charge in [-0.1, -0.05) is 78.6 Å². The second-order valence-electron chi connectivity index (χ2n) is 7.03. The fourth-order valence-electron chi connectivity index (χ4n) is 3.28. The molecule has 0 radical (unpaired) electrons. The summed E-state index contributed by atoms with van der Waals surface area (Å²) in [5.41, 5.74) is 1.60. The smallest absolute Gasteiger partial charge is 0.205 e. The van der Waals surface area contributed by atoms with Crippen molar-refractivity contribution in [2.75, 3.05) is 0 Å². The van der Waals surface area contributed by atoms with Gasteiger partial charge in [-0.2, -0.15) is 0 Å². The highest BCUT2D eigenvalue weighted by Crippen LogP contribution is 2.41. The van der Waals surface area contributed by atoms with Crippen LogP contribution in [0.3, 0.4) is 0 Å². The summed E-state index contributed by atoms with van der Waals surface area (Å²) < 4.78 is 28.0. The molecule has 1 atom stereocenters. The van der Waals surface area contributed by atoms with Gasteiger partial charge in [-0.15, -0.1) is 0 Å². The van der Waals surface area contributed by atoms with Crippen molar-refractivity contribution in [1.82, 2.24) is 5.09 Å². The maximum Gasteiger partial charge on any atom is 0.205 e. The first-order valence-electron chi connectivity index (χ1n) is 9.96. The Bertz CT molecular complexity index is 1190. The van der Waals surface area contributed by atoms with Crippen molar-refractivity contribution in [3.05, 3.63) is 132 Å². The summed E-state index contributed by atoms with van der Waals surface area (Å²) in [6.45, 7) is 0. The van der Waals surface area contributed by atoms with Gasteiger partial charge in [0.25, 0.3) is 0 Å². The molecule has 4 rings (SSSR count). The zero-order valence-electron chi connectivity index (χ0n) is 16.8. The van der Waals surface area contributed by atoms with Crippen LogP contribution in [0.15, 0.2) is 115 Å². The van der Waals surface area contributed by atoms with Crippen molar-refractivity contribution in [1.29, 1.82) is 0 Å². The van der Waals surface area contributed by atoms with E-state index in [1.165, 1.54) is 12.1 Å². The lowest BCUT2D eigenvalue weighted by molar-refractivity contribution is 0.574. The van der Waals surface area contributed by atoms with Crippen LogP contribution < -0.4 is 15.7 Å². The van der Waals surface area contributed by atoms with Gasteiger partial charge >= 0.3 is 0 Å². The summed E-state index contributed by atoms with van der Waals surface area (Å²) >= 11 is 0. The first kappa shape index (κ1) is 20.8. The molecule has 4 aromatic rings. The van der Waals surface area contributed by atoms with Gasteiger partial charge in [0, 0.05) is 16.2 Å². The lowest BCUT2D eigenvalue weighted by Crippen LogP contribution is -2.30. The summed E-state index contributed by atoms with van der Waals surface area (Å²) in [5.74, 6) is 6.04. The van der Waals surface area contributed by atoms with Crippen LogP contribution in [0.2, 0.25) is 0 Å². The predicted molar refractivity (Wildman–Crippen MR) is 125 cm³/mol. The minimum atomic E-state index is -3.23. The summed E-state index contributed by atoms with van der Waals surface area (Å²) in [4.78, 5) is 0. The molecule has 0 fully saturated rings. The van der Waals surface area contributed by atoms with Crippen LogP contribution in [-0.2, 0) is 4.57 Å². The summed E-state index contributed by atoms with van der Waals surface area (Å²) in [6.07, 6.45) is 0. The monoisotopic (exact) mass is 425 g/mol. The molecule has 0 saturated carbocycles. The van der Waals surface area contributed by atoms with E-state index in [1.807, 2.05) is 91.0 Å². The number of rotatable bonds is 5. The van der Waals surface area contributed by atoms with Gasteiger partial charge in [0.15, 0.2) is 0 Å².